The molecule has 5 rings (SSSR count). The summed E-state index contributed by atoms with van der Waals surface area (Å²) in [4.78, 5) is 28.0. The Labute approximate surface area is 169 Å². The van der Waals surface area contributed by atoms with Crippen LogP contribution in [0.2, 0.25) is 0 Å². The van der Waals surface area contributed by atoms with Crippen molar-refractivity contribution in [3.63, 3.8) is 0 Å². The van der Waals surface area contributed by atoms with E-state index in [1.54, 1.807) is 16.2 Å². The molecule has 1 amide bonds. The average Bonchev–Trinajstić information content (AvgIpc) is 2.93. The van der Waals surface area contributed by atoms with Gasteiger partial charge in [0.05, 0.1) is 11.0 Å². The number of aromatic nitrogens is 2. The number of fused-ring (bicyclic) bond motifs is 1. The molecule has 8 nitrogen and oxygen atoms in total. The Kier molecular flexibility index (Phi) is 4.53. The smallest absolute Gasteiger partial charge is 0.329 e. The van der Waals surface area contributed by atoms with Crippen molar-refractivity contribution >= 4 is 16.9 Å². The van der Waals surface area contributed by atoms with E-state index in [0.29, 0.717) is 18.3 Å². The second-order valence-electron chi connectivity index (χ2n) is 9.01. The fourth-order valence-corrected chi connectivity index (χ4v) is 5.50. The quantitative estimate of drug-likeness (QED) is 0.690. The number of piperidine rings is 2. The van der Waals surface area contributed by atoms with Crippen molar-refractivity contribution in [1.82, 2.24) is 24.7 Å². The third kappa shape index (κ3) is 3.10. The highest BCUT2D eigenvalue weighted by molar-refractivity contribution is 5.86. The first-order valence-electron chi connectivity index (χ1n) is 10.6. The van der Waals surface area contributed by atoms with E-state index in [1.807, 2.05) is 12.1 Å². The SMILES string of the molecule is Cn1c(=O)n(C2CCC(O)NC2=O)c2cccc(CN3CC4(CCNCC4)C3)c21. The minimum atomic E-state index is -0.825. The molecule has 1 aromatic heterocycles. The number of para-hydroxylation sites is 1. The molecule has 156 valence electrons. The number of aryl methyl sites for hydroxylation is 1. The zero-order valence-corrected chi connectivity index (χ0v) is 16.9. The van der Waals surface area contributed by atoms with E-state index < -0.39 is 12.3 Å². The van der Waals surface area contributed by atoms with Crippen LogP contribution in [0.15, 0.2) is 23.0 Å². The average molecular weight is 399 g/mol. The maximum Gasteiger partial charge on any atom is 0.329 e. The standard InChI is InChI=1S/C21H29N5O3/c1-24-18-14(11-25-12-21(13-25)7-9-22-10-8-21)3-2-4-15(18)26(20(24)29)16-5-6-17(27)23-19(16)28/h2-4,16-17,22,27H,5-13H2,1H3,(H,23,28). The first-order chi connectivity index (χ1) is 14.0. The normalized spacial score (nSPS) is 27.2. The van der Waals surface area contributed by atoms with Crippen LogP contribution >= 0.6 is 0 Å². The number of rotatable bonds is 3. The second-order valence-corrected chi connectivity index (χ2v) is 9.01. The summed E-state index contributed by atoms with van der Waals surface area (Å²) in [5.74, 6) is -0.292. The third-order valence-electron chi connectivity index (χ3n) is 7.00. The second kappa shape index (κ2) is 6.97. The van der Waals surface area contributed by atoms with Gasteiger partial charge >= 0.3 is 5.69 Å². The highest BCUT2D eigenvalue weighted by Crippen LogP contribution is 2.39. The van der Waals surface area contributed by atoms with E-state index in [4.69, 9.17) is 0 Å². The monoisotopic (exact) mass is 399 g/mol. The highest BCUT2D eigenvalue weighted by atomic mass is 16.3. The molecular weight excluding hydrogens is 370 g/mol. The summed E-state index contributed by atoms with van der Waals surface area (Å²) in [5.41, 5.74) is 3.12. The van der Waals surface area contributed by atoms with E-state index in [2.05, 4.69) is 21.6 Å². The Morgan fingerprint density at radius 3 is 2.66 bits per heavy atom. The Balaban J connectivity index is 1.44. The van der Waals surface area contributed by atoms with Gasteiger partial charge in [-0.1, -0.05) is 12.1 Å². The minimum Gasteiger partial charge on any atom is -0.374 e. The van der Waals surface area contributed by atoms with E-state index in [1.165, 1.54) is 12.8 Å². The van der Waals surface area contributed by atoms with Gasteiger partial charge in [0.15, 0.2) is 0 Å². The number of imidazole rings is 1. The Bertz CT molecular complexity index is 996. The fraction of sp³-hybridized carbons (Fsp3) is 0.619. The number of likely N-dealkylation sites (tertiary alicyclic amines) is 1. The lowest BCUT2D eigenvalue weighted by Gasteiger charge is -2.52. The number of hydrogen-bond donors (Lipinski definition) is 3. The molecule has 8 heteroatoms. The number of amides is 1. The van der Waals surface area contributed by atoms with Gasteiger partial charge in [-0.25, -0.2) is 4.79 Å². The van der Waals surface area contributed by atoms with E-state index >= 15 is 0 Å². The molecule has 1 aromatic carbocycles. The number of carbonyl (C=O) groups is 1. The van der Waals surface area contributed by atoms with E-state index in [0.717, 1.165) is 49.3 Å². The van der Waals surface area contributed by atoms with Crippen LogP contribution < -0.4 is 16.3 Å². The van der Waals surface area contributed by atoms with Crippen molar-refractivity contribution in [3.05, 3.63) is 34.2 Å². The fourth-order valence-electron chi connectivity index (χ4n) is 5.50. The number of aliphatic hydroxyl groups is 1. The molecule has 3 fully saturated rings. The number of nitrogens with one attached hydrogen (secondary N) is 2. The van der Waals surface area contributed by atoms with Crippen LogP contribution in [0, 0.1) is 5.41 Å². The molecule has 1 spiro atoms. The Morgan fingerprint density at radius 1 is 1.17 bits per heavy atom. The summed E-state index contributed by atoms with van der Waals surface area (Å²) in [6.07, 6.45) is 2.56. The molecule has 0 radical (unpaired) electrons. The molecule has 2 unspecified atom stereocenters. The van der Waals surface area contributed by atoms with Crippen molar-refractivity contribution in [2.75, 3.05) is 26.2 Å². The van der Waals surface area contributed by atoms with E-state index in [9.17, 15) is 14.7 Å². The summed E-state index contributed by atoms with van der Waals surface area (Å²) < 4.78 is 3.27. The Hall–Kier alpha value is -2.16. The van der Waals surface area contributed by atoms with Crippen LogP contribution in [0.4, 0.5) is 0 Å². The van der Waals surface area contributed by atoms with Gasteiger partial charge in [0.25, 0.3) is 0 Å². The molecule has 3 aliphatic heterocycles. The maximum atomic E-state index is 13.0. The van der Waals surface area contributed by atoms with Crippen molar-refractivity contribution in [1.29, 1.82) is 0 Å². The number of carbonyl (C=O) groups excluding carboxylic acids is 1. The largest absolute Gasteiger partial charge is 0.374 e. The first-order valence-corrected chi connectivity index (χ1v) is 10.6. The van der Waals surface area contributed by atoms with Crippen LogP contribution in [-0.4, -0.2) is 57.5 Å². The number of hydrogen-bond acceptors (Lipinski definition) is 5. The van der Waals surface area contributed by atoms with Gasteiger partial charge in [0.1, 0.15) is 12.3 Å². The van der Waals surface area contributed by atoms with Gasteiger partial charge in [-0.2, -0.15) is 0 Å². The molecule has 3 aliphatic rings. The van der Waals surface area contributed by atoms with E-state index in [-0.39, 0.29) is 11.6 Å². The van der Waals surface area contributed by atoms with Gasteiger partial charge in [-0.3, -0.25) is 18.8 Å². The summed E-state index contributed by atoms with van der Waals surface area (Å²) >= 11 is 0. The molecule has 0 bridgehead atoms. The number of aliphatic hydroxyl groups excluding tert-OH is 1. The minimum absolute atomic E-state index is 0.178. The summed E-state index contributed by atoms with van der Waals surface area (Å²) in [5, 5.41) is 15.7. The van der Waals surface area contributed by atoms with Crippen molar-refractivity contribution in [2.24, 2.45) is 12.5 Å². The van der Waals surface area contributed by atoms with Crippen molar-refractivity contribution in [2.45, 2.75) is 44.5 Å². The zero-order valence-electron chi connectivity index (χ0n) is 16.9. The molecule has 29 heavy (non-hydrogen) atoms. The lowest BCUT2D eigenvalue weighted by Crippen LogP contribution is -2.59. The molecule has 0 aliphatic carbocycles. The molecule has 3 saturated heterocycles. The van der Waals surface area contributed by atoms with Crippen LogP contribution in [0.1, 0.15) is 37.3 Å². The number of benzene rings is 1. The predicted molar refractivity (Wildman–Crippen MR) is 109 cm³/mol. The van der Waals surface area contributed by atoms with Crippen LogP contribution in [0.5, 0.6) is 0 Å². The van der Waals surface area contributed by atoms with Gasteiger partial charge in [0.2, 0.25) is 5.91 Å². The van der Waals surface area contributed by atoms with Crippen LogP contribution in [0.3, 0.4) is 0 Å². The summed E-state index contributed by atoms with van der Waals surface area (Å²) in [7, 11) is 1.78. The van der Waals surface area contributed by atoms with Crippen LogP contribution in [0.25, 0.3) is 11.0 Å². The van der Waals surface area contributed by atoms with Gasteiger partial charge in [0, 0.05) is 26.7 Å². The molecule has 0 saturated carbocycles. The molecule has 4 heterocycles. The molecule has 2 atom stereocenters. The highest BCUT2D eigenvalue weighted by Gasteiger charge is 2.43. The molecule has 3 N–H and O–H groups in total. The predicted octanol–water partition coefficient (Wildman–Crippen LogP) is 0.295. The van der Waals surface area contributed by atoms with Crippen molar-refractivity contribution in [3.8, 4) is 0 Å². The lowest BCUT2D eigenvalue weighted by atomic mass is 9.72. The molecular formula is C21H29N5O3. The van der Waals surface area contributed by atoms with Gasteiger partial charge in [-0.15, -0.1) is 0 Å². The van der Waals surface area contributed by atoms with Crippen LogP contribution in [-0.2, 0) is 18.4 Å². The zero-order chi connectivity index (χ0) is 20.2. The lowest BCUT2D eigenvalue weighted by molar-refractivity contribution is -0.130. The summed E-state index contributed by atoms with van der Waals surface area (Å²) in [6, 6.07) is 5.41. The van der Waals surface area contributed by atoms with Gasteiger partial charge in [-0.05, 0) is 55.8 Å². The Morgan fingerprint density at radius 2 is 1.93 bits per heavy atom. The maximum absolute atomic E-state index is 13.0. The van der Waals surface area contributed by atoms with Crippen molar-refractivity contribution < 1.29 is 9.90 Å². The number of nitrogens with zero attached hydrogens (tertiary/aromatic N) is 3. The topological polar surface area (TPSA) is 91.5 Å². The summed E-state index contributed by atoms with van der Waals surface area (Å²) in [6.45, 7) is 5.27. The first kappa shape index (κ1) is 18.8. The molecule has 2 aromatic rings. The van der Waals surface area contributed by atoms with Gasteiger partial charge < -0.3 is 15.7 Å². The third-order valence-corrected chi connectivity index (χ3v) is 7.00.